The quantitative estimate of drug-likeness (QED) is 0.604. The van der Waals surface area contributed by atoms with Crippen LogP contribution in [-0.2, 0) is 10.5 Å². The summed E-state index contributed by atoms with van der Waals surface area (Å²) >= 11 is 1.89. The summed E-state index contributed by atoms with van der Waals surface area (Å²) in [7, 11) is 0. The van der Waals surface area contributed by atoms with E-state index in [0.29, 0.717) is 6.04 Å². The maximum absolute atomic E-state index is 12.7. The van der Waals surface area contributed by atoms with Crippen molar-refractivity contribution in [3.63, 3.8) is 0 Å². The summed E-state index contributed by atoms with van der Waals surface area (Å²) in [6.07, 6.45) is 4.47. The van der Waals surface area contributed by atoms with Crippen molar-refractivity contribution in [1.29, 1.82) is 0 Å². The number of carbonyl (C=O) groups is 1. The second-order valence-corrected chi connectivity index (χ2v) is 9.23. The average Bonchev–Trinajstić information content (AvgIpc) is 2.55. The summed E-state index contributed by atoms with van der Waals surface area (Å²) < 4.78 is 5.67. The van der Waals surface area contributed by atoms with E-state index in [4.69, 9.17) is 4.74 Å². The zero-order valence-corrected chi connectivity index (χ0v) is 17.0. The molecule has 140 valence electrons. The van der Waals surface area contributed by atoms with Crippen LogP contribution in [0, 0.1) is 5.92 Å². The van der Waals surface area contributed by atoms with E-state index in [1.165, 1.54) is 18.4 Å². The Labute approximate surface area is 157 Å². The molecule has 1 aromatic rings. The molecule has 3 nitrogen and oxygen atoms in total. The molecule has 1 fully saturated rings. The molecule has 1 aromatic carbocycles. The van der Waals surface area contributed by atoms with Crippen molar-refractivity contribution in [2.75, 3.05) is 12.3 Å². The fourth-order valence-corrected chi connectivity index (χ4v) is 4.12. The average molecular weight is 364 g/mol. The van der Waals surface area contributed by atoms with Crippen molar-refractivity contribution < 1.29 is 9.53 Å². The van der Waals surface area contributed by atoms with E-state index in [2.05, 4.69) is 31.2 Å². The standard InChI is InChI=1S/C21H33NO2S/c1-17-10-12-19(13-11-17)22(20(23)24-21(2,3)4)14-15-25-16-18-8-6-5-7-9-18/h5-9,17,19H,10-16H2,1-4H3/t17-,19-. The third-order valence-corrected chi connectivity index (χ3v) is 5.65. The first-order valence-electron chi connectivity index (χ1n) is 9.46. The van der Waals surface area contributed by atoms with Gasteiger partial charge >= 0.3 is 6.09 Å². The van der Waals surface area contributed by atoms with Gasteiger partial charge in [-0.15, -0.1) is 0 Å². The predicted octanol–water partition coefficient (Wildman–Crippen LogP) is 5.74. The summed E-state index contributed by atoms with van der Waals surface area (Å²) in [6, 6.07) is 10.8. The molecule has 0 spiro atoms. The van der Waals surface area contributed by atoms with Crippen LogP contribution in [0.1, 0.15) is 58.9 Å². The zero-order valence-electron chi connectivity index (χ0n) is 16.2. The van der Waals surface area contributed by atoms with E-state index in [9.17, 15) is 4.79 Å². The normalized spacial score (nSPS) is 21.0. The predicted molar refractivity (Wildman–Crippen MR) is 107 cm³/mol. The first-order chi connectivity index (χ1) is 11.8. The van der Waals surface area contributed by atoms with Crippen molar-refractivity contribution in [1.82, 2.24) is 4.90 Å². The molecule has 0 atom stereocenters. The van der Waals surface area contributed by atoms with E-state index < -0.39 is 5.60 Å². The number of hydrogen-bond acceptors (Lipinski definition) is 3. The van der Waals surface area contributed by atoms with Gasteiger partial charge in [0, 0.05) is 24.1 Å². The number of hydrogen-bond donors (Lipinski definition) is 0. The molecule has 0 N–H and O–H groups in total. The first-order valence-corrected chi connectivity index (χ1v) is 10.6. The molecule has 1 amide bonds. The second kappa shape index (κ2) is 9.51. The zero-order chi connectivity index (χ0) is 18.3. The summed E-state index contributed by atoms with van der Waals surface area (Å²) in [5, 5.41) is 0. The lowest BCUT2D eigenvalue weighted by Gasteiger charge is -2.37. The summed E-state index contributed by atoms with van der Waals surface area (Å²) in [5.74, 6) is 2.72. The van der Waals surface area contributed by atoms with Gasteiger partial charge in [0.15, 0.2) is 0 Å². The number of nitrogens with zero attached hydrogens (tertiary/aromatic N) is 1. The van der Waals surface area contributed by atoms with Crippen molar-refractivity contribution in [2.45, 2.75) is 70.8 Å². The number of benzene rings is 1. The van der Waals surface area contributed by atoms with Gasteiger partial charge in [0.25, 0.3) is 0 Å². The van der Waals surface area contributed by atoms with Crippen LogP contribution in [0.4, 0.5) is 4.79 Å². The number of thioether (sulfide) groups is 1. The number of ether oxygens (including phenoxy) is 1. The van der Waals surface area contributed by atoms with Gasteiger partial charge in [-0.05, 0) is 57.9 Å². The molecule has 1 aliphatic rings. The molecule has 0 heterocycles. The van der Waals surface area contributed by atoms with Crippen LogP contribution in [0.15, 0.2) is 30.3 Å². The lowest BCUT2D eigenvalue weighted by atomic mass is 9.87. The van der Waals surface area contributed by atoms with Crippen molar-refractivity contribution in [2.24, 2.45) is 5.92 Å². The molecule has 4 heteroatoms. The Bertz CT molecular complexity index is 518. The molecule has 0 aromatic heterocycles. The highest BCUT2D eigenvalue weighted by Crippen LogP contribution is 2.28. The van der Waals surface area contributed by atoms with Crippen LogP contribution in [0.2, 0.25) is 0 Å². The van der Waals surface area contributed by atoms with E-state index >= 15 is 0 Å². The maximum atomic E-state index is 12.7. The minimum absolute atomic E-state index is 0.146. The van der Waals surface area contributed by atoms with E-state index in [0.717, 1.165) is 36.8 Å². The van der Waals surface area contributed by atoms with Gasteiger partial charge in [-0.3, -0.25) is 0 Å². The van der Waals surface area contributed by atoms with Gasteiger partial charge in [0.2, 0.25) is 0 Å². The SMILES string of the molecule is CC(C)(C)OC(=O)N(CCSCc1ccccc1)[C@H]1CC[C@H](C)CC1. The highest BCUT2D eigenvalue weighted by molar-refractivity contribution is 7.98. The van der Waals surface area contributed by atoms with Gasteiger partial charge in [-0.25, -0.2) is 4.79 Å². The minimum Gasteiger partial charge on any atom is -0.444 e. The van der Waals surface area contributed by atoms with E-state index in [1.807, 2.05) is 43.5 Å². The lowest BCUT2D eigenvalue weighted by molar-refractivity contribution is 0.0123. The molecule has 0 bridgehead atoms. The van der Waals surface area contributed by atoms with Crippen LogP contribution in [0.25, 0.3) is 0 Å². The van der Waals surface area contributed by atoms with Gasteiger partial charge in [0.1, 0.15) is 5.60 Å². The summed E-state index contributed by atoms with van der Waals surface area (Å²) in [6.45, 7) is 8.90. The molecular formula is C21H33NO2S. The van der Waals surface area contributed by atoms with E-state index in [1.54, 1.807) is 0 Å². The van der Waals surface area contributed by atoms with E-state index in [-0.39, 0.29) is 6.09 Å². The van der Waals surface area contributed by atoms with Crippen molar-refractivity contribution in [3.05, 3.63) is 35.9 Å². The molecular weight excluding hydrogens is 330 g/mol. The second-order valence-electron chi connectivity index (χ2n) is 8.13. The van der Waals surface area contributed by atoms with Crippen LogP contribution in [0.5, 0.6) is 0 Å². The Balaban J connectivity index is 1.88. The minimum atomic E-state index is -0.436. The lowest BCUT2D eigenvalue weighted by Crippen LogP contribution is -2.45. The van der Waals surface area contributed by atoms with Gasteiger partial charge in [0.05, 0.1) is 0 Å². The fraction of sp³-hybridized carbons (Fsp3) is 0.667. The molecule has 25 heavy (non-hydrogen) atoms. The van der Waals surface area contributed by atoms with Crippen LogP contribution in [0.3, 0.4) is 0 Å². The molecule has 1 aliphatic carbocycles. The maximum Gasteiger partial charge on any atom is 0.410 e. The summed E-state index contributed by atoms with van der Waals surface area (Å²) in [5.41, 5.74) is 0.900. The van der Waals surface area contributed by atoms with Crippen LogP contribution in [-0.4, -0.2) is 34.9 Å². The monoisotopic (exact) mass is 363 g/mol. The fourth-order valence-electron chi connectivity index (χ4n) is 3.22. The Morgan fingerprint density at radius 1 is 1.16 bits per heavy atom. The molecule has 0 saturated heterocycles. The van der Waals surface area contributed by atoms with Gasteiger partial charge in [-0.2, -0.15) is 11.8 Å². The molecule has 0 aliphatic heterocycles. The topological polar surface area (TPSA) is 29.5 Å². The third-order valence-electron chi connectivity index (χ3n) is 4.64. The third kappa shape index (κ3) is 7.31. The molecule has 0 unspecified atom stereocenters. The highest BCUT2D eigenvalue weighted by atomic mass is 32.2. The Kier molecular flexibility index (Phi) is 7.67. The molecule has 2 rings (SSSR count). The molecule has 1 saturated carbocycles. The summed E-state index contributed by atoms with van der Waals surface area (Å²) in [4.78, 5) is 14.7. The number of rotatable bonds is 6. The van der Waals surface area contributed by atoms with Gasteiger partial charge < -0.3 is 9.64 Å². The van der Waals surface area contributed by atoms with Crippen LogP contribution < -0.4 is 0 Å². The number of carbonyl (C=O) groups excluding carboxylic acids is 1. The Morgan fingerprint density at radius 2 is 1.80 bits per heavy atom. The van der Waals surface area contributed by atoms with Crippen LogP contribution >= 0.6 is 11.8 Å². The highest BCUT2D eigenvalue weighted by Gasteiger charge is 2.30. The Morgan fingerprint density at radius 3 is 2.40 bits per heavy atom. The van der Waals surface area contributed by atoms with Crippen molar-refractivity contribution in [3.8, 4) is 0 Å². The van der Waals surface area contributed by atoms with Gasteiger partial charge in [-0.1, -0.05) is 37.3 Å². The first kappa shape index (κ1) is 20.2. The largest absolute Gasteiger partial charge is 0.444 e. The molecule has 0 radical (unpaired) electrons. The smallest absolute Gasteiger partial charge is 0.410 e. The Hall–Kier alpha value is -1.16. The van der Waals surface area contributed by atoms with Crippen molar-refractivity contribution >= 4 is 17.9 Å². The number of amides is 1.